The summed E-state index contributed by atoms with van der Waals surface area (Å²) in [6.07, 6.45) is 4.97. The standard InChI is InChI=1S/C20H26N4O/c1-14-19(15(2)23-22-14)21-18(25)13-24-12-17-10-6-7-11-20(17,24)16-8-4-3-5-9-16/h3-5,8-9,17H,6-7,10-13H2,1-2H3,(H,21,25)(H,22,23). The summed E-state index contributed by atoms with van der Waals surface area (Å²) in [4.78, 5) is 15.1. The molecule has 1 aromatic carbocycles. The number of nitrogens with zero attached hydrogens (tertiary/aromatic N) is 2. The van der Waals surface area contributed by atoms with E-state index in [4.69, 9.17) is 0 Å². The van der Waals surface area contributed by atoms with E-state index in [1.54, 1.807) is 0 Å². The molecule has 0 spiro atoms. The fourth-order valence-corrected chi connectivity index (χ4v) is 4.79. The lowest BCUT2D eigenvalue weighted by Crippen LogP contribution is -2.67. The van der Waals surface area contributed by atoms with Gasteiger partial charge >= 0.3 is 0 Å². The smallest absolute Gasteiger partial charge is 0.238 e. The van der Waals surface area contributed by atoms with Crippen LogP contribution in [0.2, 0.25) is 0 Å². The number of H-pyrrole nitrogens is 1. The zero-order chi connectivity index (χ0) is 17.4. The number of likely N-dealkylation sites (tertiary alicyclic amines) is 1. The lowest BCUT2D eigenvalue weighted by Gasteiger charge is -2.61. The van der Waals surface area contributed by atoms with Crippen LogP contribution in [0.5, 0.6) is 0 Å². The molecule has 2 N–H and O–H groups in total. The average molecular weight is 338 g/mol. The van der Waals surface area contributed by atoms with Crippen LogP contribution in [-0.4, -0.2) is 34.1 Å². The van der Waals surface area contributed by atoms with Gasteiger partial charge in [-0.3, -0.25) is 14.8 Å². The van der Waals surface area contributed by atoms with Gasteiger partial charge in [-0.25, -0.2) is 0 Å². The van der Waals surface area contributed by atoms with Crippen LogP contribution in [0, 0.1) is 19.8 Å². The molecule has 5 nitrogen and oxygen atoms in total. The molecule has 132 valence electrons. The van der Waals surface area contributed by atoms with Crippen molar-refractivity contribution in [3.05, 3.63) is 47.3 Å². The van der Waals surface area contributed by atoms with E-state index >= 15 is 0 Å². The van der Waals surface area contributed by atoms with Crippen LogP contribution in [0.1, 0.15) is 42.6 Å². The minimum Gasteiger partial charge on any atom is -0.322 e. The Kier molecular flexibility index (Phi) is 4.12. The Labute approximate surface area is 148 Å². The molecule has 0 radical (unpaired) electrons. The normalized spacial score (nSPS) is 25.9. The van der Waals surface area contributed by atoms with Gasteiger partial charge in [0.25, 0.3) is 0 Å². The van der Waals surface area contributed by atoms with E-state index in [-0.39, 0.29) is 11.4 Å². The Hall–Kier alpha value is -2.14. The molecule has 5 heteroatoms. The fourth-order valence-electron chi connectivity index (χ4n) is 4.79. The first-order valence-electron chi connectivity index (χ1n) is 9.23. The predicted molar refractivity (Wildman–Crippen MR) is 98.3 cm³/mol. The molecule has 2 aromatic rings. The van der Waals surface area contributed by atoms with Crippen molar-refractivity contribution in [3.63, 3.8) is 0 Å². The topological polar surface area (TPSA) is 61.0 Å². The SMILES string of the molecule is Cc1n[nH]c(C)c1NC(=O)CN1CC2CCCCC21c1ccccc1. The van der Waals surface area contributed by atoms with Crippen molar-refractivity contribution in [1.82, 2.24) is 15.1 Å². The summed E-state index contributed by atoms with van der Waals surface area (Å²) in [6.45, 7) is 5.30. The summed E-state index contributed by atoms with van der Waals surface area (Å²) >= 11 is 0. The average Bonchev–Trinajstić information content (AvgIpc) is 2.92. The van der Waals surface area contributed by atoms with Crippen molar-refractivity contribution in [1.29, 1.82) is 0 Å². The van der Waals surface area contributed by atoms with Crippen molar-refractivity contribution in [2.24, 2.45) is 5.92 Å². The van der Waals surface area contributed by atoms with E-state index in [2.05, 4.69) is 50.7 Å². The Bertz CT molecular complexity index is 750. The van der Waals surface area contributed by atoms with Crippen LogP contribution in [0.25, 0.3) is 0 Å². The van der Waals surface area contributed by atoms with Gasteiger partial charge in [-0.15, -0.1) is 0 Å². The van der Waals surface area contributed by atoms with E-state index in [1.807, 2.05) is 13.8 Å². The van der Waals surface area contributed by atoms with Crippen LogP contribution >= 0.6 is 0 Å². The van der Waals surface area contributed by atoms with Gasteiger partial charge < -0.3 is 5.32 Å². The maximum Gasteiger partial charge on any atom is 0.238 e. The van der Waals surface area contributed by atoms with E-state index < -0.39 is 0 Å². The van der Waals surface area contributed by atoms with Crippen molar-refractivity contribution < 1.29 is 4.79 Å². The number of carbonyl (C=O) groups excluding carboxylic acids is 1. The molecular weight excluding hydrogens is 312 g/mol. The van der Waals surface area contributed by atoms with E-state index in [1.165, 1.54) is 24.8 Å². The van der Waals surface area contributed by atoms with Gasteiger partial charge in [0.15, 0.2) is 0 Å². The molecule has 1 saturated carbocycles. The molecule has 0 bridgehead atoms. The lowest BCUT2D eigenvalue weighted by molar-refractivity contribution is -0.138. The van der Waals surface area contributed by atoms with Crippen molar-refractivity contribution in [3.8, 4) is 0 Å². The van der Waals surface area contributed by atoms with Gasteiger partial charge in [0.2, 0.25) is 5.91 Å². The summed E-state index contributed by atoms with van der Waals surface area (Å²) in [5, 5.41) is 10.1. The summed E-state index contributed by atoms with van der Waals surface area (Å²) < 4.78 is 0. The molecule has 25 heavy (non-hydrogen) atoms. The molecular formula is C20H26N4O. The second-order valence-corrected chi connectivity index (χ2v) is 7.47. The molecule has 2 aliphatic rings. The van der Waals surface area contributed by atoms with Gasteiger partial charge in [0.1, 0.15) is 0 Å². The van der Waals surface area contributed by atoms with Crippen molar-refractivity contribution in [2.45, 2.75) is 45.1 Å². The molecule has 1 aliphatic carbocycles. The predicted octanol–water partition coefficient (Wildman–Crippen LogP) is 3.37. The van der Waals surface area contributed by atoms with Gasteiger partial charge in [0, 0.05) is 6.54 Å². The Morgan fingerprint density at radius 2 is 2.12 bits per heavy atom. The molecule has 1 amide bonds. The molecule has 1 aromatic heterocycles. The molecule has 2 atom stereocenters. The highest BCUT2D eigenvalue weighted by Crippen LogP contribution is 2.53. The largest absolute Gasteiger partial charge is 0.322 e. The third kappa shape index (κ3) is 2.67. The molecule has 2 fully saturated rings. The van der Waals surface area contributed by atoms with Gasteiger partial charge in [-0.2, -0.15) is 5.10 Å². The number of nitrogens with one attached hydrogen (secondary N) is 2. The number of benzene rings is 1. The third-order valence-corrected chi connectivity index (χ3v) is 6.04. The number of aryl methyl sites for hydroxylation is 2. The van der Waals surface area contributed by atoms with Crippen molar-refractivity contribution >= 4 is 11.6 Å². The summed E-state index contributed by atoms with van der Waals surface area (Å²) in [5.74, 6) is 0.723. The quantitative estimate of drug-likeness (QED) is 0.898. The first-order valence-corrected chi connectivity index (χ1v) is 9.23. The van der Waals surface area contributed by atoms with E-state index in [0.29, 0.717) is 12.5 Å². The number of rotatable bonds is 4. The highest BCUT2D eigenvalue weighted by Gasteiger charge is 2.55. The zero-order valence-electron chi connectivity index (χ0n) is 15.0. The molecule has 2 heterocycles. The Balaban J connectivity index is 1.53. The second-order valence-electron chi connectivity index (χ2n) is 7.47. The maximum absolute atomic E-state index is 12.7. The highest BCUT2D eigenvalue weighted by atomic mass is 16.2. The highest BCUT2D eigenvalue weighted by molar-refractivity contribution is 5.93. The van der Waals surface area contributed by atoms with Gasteiger partial charge in [-0.1, -0.05) is 43.2 Å². The summed E-state index contributed by atoms with van der Waals surface area (Å²) in [6, 6.07) is 10.8. The number of anilines is 1. The summed E-state index contributed by atoms with van der Waals surface area (Å²) in [5.41, 5.74) is 3.98. The van der Waals surface area contributed by atoms with E-state index in [9.17, 15) is 4.79 Å². The second kappa shape index (κ2) is 6.30. The first kappa shape index (κ1) is 16.3. The zero-order valence-corrected chi connectivity index (χ0v) is 15.0. The number of carbonyl (C=O) groups is 1. The molecule has 4 rings (SSSR count). The Morgan fingerprint density at radius 1 is 1.32 bits per heavy atom. The number of amides is 1. The summed E-state index contributed by atoms with van der Waals surface area (Å²) in [7, 11) is 0. The van der Waals surface area contributed by atoms with Crippen LogP contribution < -0.4 is 5.32 Å². The third-order valence-electron chi connectivity index (χ3n) is 6.04. The monoisotopic (exact) mass is 338 g/mol. The Morgan fingerprint density at radius 3 is 2.80 bits per heavy atom. The van der Waals surface area contributed by atoms with Crippen LogP contribution in [-0.2, 0) is 10.3 Å². The number of hydrogen-bond acceptors (Lipinski definition) is 3. The number of fused-ring (bicyclic) bond motifs is 1. The fraction of sp³-hybridized carbons (Fsp3) is 0.500. The van der Waals surface area contributed by atoms with Gasteiger partial charge in [-0.05, 0) is 38.2 Å². The van der Waals surface area contributed by atoms with E-state index in [0.717, 1.165) is 30.0 Å². The minimum atomic E-state index is 0.0481. The first-order chi connectivity index (χ1) is 12.1. The number of hydrogen-bond donors (Lipinski definition) is 2. The number of aromatic nitrogens is 2. The van der Waals surface area contributed by atoms with Crippen molar-refractivity contribution in [2.75, 3.05) is 18.4 Å². The van der Waals surface area contributed by atoms with Gasteiger partial charge in [0.05, 0.1) is 29.2 Å². The molecule has 1 aliphatic heterocycles. The maximum atomic E-state index is 12.7. The minimum absolute atomic E-state index is 0.0481. The van der Waals surface area contributed by atoms with Crippen LogP contribution in [0.3, 0.4) is 0 Å². The number of aromatic amines is 1. The molecule has 1 saturated heterocycles. The van der Waals surface area contributed by atoms with Crippen LogP contribution in [0.15, 0.2) is 30.3 Å². The molecule has 2 unspecified atom stereocenters. The van der Waals surface area contributed by atoms with Crippen LogP contribution in [0.4, 0.5) is 5.69 Å². The lowest BCUT2D eigenvalue weighted by atomic mass is 9.62.